The Labute approximate surface area is 108 Å². The van der Waals surface area contributed by atoms with Crippen molar-refractivity contribution >= 4 is 5.96 Å². The predicted octanol–water partition coefficient (Wildman–Crippen LogP) is 1.38. The Morgan fingerprint density at radius 2 is 2.39 bits per heavy atom. The van der Waals surface area contributed by atoms with Crippen LogP contribution in [0, 0.1) is 11.3 Å². The number of guanidine groups is 1. The number of nitriles is 1. The molecule has 0 amide bonds. The number of nitrogens with zero attached hydrogens (tertiary/aromatic N) is 3. The molecule has 0 aliphatic carbocycles. The van der Waals surface area contributed by atoms with Crippen LogP contribution in [0.3, 0.4) is 0 Å². The first-order valence-electron chi connectivity index (χ1n) is 6.28. The van der Waals surface area contributed by atoms with Gasteiger partial charge in [-0.3, -0.25) is 4.99 Å². The van der Waals surface area contributed by atoms with Gasteiger partial charge in [0.25, 0.3) is 0 Å². The molecule has 0 bridgehead atoms. The van der Waals surface area contributed by atoms with Crippen molar-refractivity contribution < 1.29 is 0 Å². The first-order chi connectivity index (χ1) is 8.79. The summed E-state index contributed by atoms with van der Waals surface area (Å²) in [6.45, 7) is 2.82. The van der Waals surface area contributed by atoms with Gasteiger partial charge in [-0.2, -0.15) is 5.26 Å². The van der Waals surface area contributed by atoms with Gasteiger partial charge < -0.3 is 10.2 Å². The lowest BCUT2D eigenvalue weighted by Gasteiger charge is -2.25. The zero-order chi connectivity index (χ0) is 12.8. The molecule has 0 fully saturated rings. The third-order valence-electron chi connectivity index (χ3n) is 3.03. The standard InChI is InChI=1S/C14H18N4/c1-18-9-3-7-16-14(18)17-8-6-12-4-2-5-13(10-12)11-15/h2,4-5,10H,3,6-9H2,1H3,(H,16,17). The van der Waals surface area contributed by atoms with E-state index in [1.807, 2.05) is 18.2 Å². The molecule has 1 aromatic rings. The molecule has 1 aromatic carbocycles. The monoisotopic (exact) mass is 242 g/mol. The summed E-state index contributed by atoms with van der Waals surface area (Å²) in [5.74, 6) is 0.984. The molecule has 2 rings (SSSR count). The SMILES string of the molecule is CN1CCCN=C1NCCc1cccc(C#N)c1. The largest absolute Gasteiger partial charge is 0.356 e. The zero-order valence-corrected chi connectivity index (χ0v) is 10.7. The second-order valence-corrected chi connectivity index (χ2v) is 4.47. The number of hydrogen-bond acceptors (Lipinski definition) is 4. The van der Waals surface area contributed by atoms with Gasteiger partial charge in [0.05, 0.1) is 11.6 Å². The lowest BCUT2D eigenvalue weighted by molar-refractivity contribution is 0.447. The highest BCUT2D eigenvalue weighted by Crippen LogP contribution is 2.04. The van der Waals surface area contributed by atoms with E-state index in [-0.39, 0.29) is 0 Å². The van der Waals surface area contributed by atoms with Gasteiger partial charge in [0.2, 0.25) is 0 Å². The first-order valence-corrected chi connectivity index (χ1v) is 6.28. The molecule has 0 unspecified atom stereocenters. The molecule has 0 spiro atoms. The highest BCUT2D eigenvalue weighted by Gasteiger charge is 2.09. The van der Waals surface area contributed by atoms with Crippen LogP contribution in [-0.2, 0) is 6.42 Å². The Morgan fingerprint density at radius 3 is 3.17 bits per heavy atom. The minimum Gasteiger partial charge on any atom is -0.356 e. The summed E-state index contributed by atoms with van der Waals surface area (Å²) in [4.78, 5) is 6.60. The first kappa shape index (κ1) is 12.4. The van der Waals surface area contributed by atoms with E-state index in [9.17, 15) is 0 Å². The van der Waals surface area contributed by atoms with Gasteiger partial charge >= 0.3 is 0 Å². The highest BCUT2D eigenvalue weighted by atomic mass is 15.3. The van der Waals surface area contributed by atoms with E-state index in [4.69, 9.17) is 5.26 Å². The van der Waals surface area contributed by atoms with Crippen LogP contribution in [0.1, 0.15) is 17.5 Å². The fraction of sp³-hybridized carbons (Fsp3) is 0.429. The lowest BCUT2D eigenvalue weighted by atomic mass is 10.1. The zero-order valence-electron chi connectivity index (χ0n) is 10.7. The second kappa shape index (κ2) is 6.06. The Hall–Kier alpha value is -2.02. The minimum atomic E-state index is 0.722. The molecular weight excluding hydrogens is 224 g/mol. The Morgan fingerprint density at radius 1 is 1.50 bits per heavy atom. The van der Waals surface area contributed by atoms with Crippen LogP contribution < -0.4 is 5.32 Å². The third-order valence-corrected chi connectivity index (χ3v) is 3.03. The summed E-state index contributed by atoms with van der Waals surface area (Å²) in [5.41, 5.74) is 1.90. The van der Waals surface area contributed by atoms with Crippen LogP contribution in [-0.4, -0.2) is 37.5 Å². The molecule has 18 heavy (non-hydrogen) atoms. The second-order valence-electron chi connectivity index (χ2n) is 4.47. The molecule has 0 aromatic heterocycles. The fourth-order valence-corrected chi connectivity index (χ4v) is 2.03. The number of nitrogens with one attached hydrogen (secondary N) is 1. The van der Waals surface area contributed by atoms with E-state index in [1.165, 1.54) is 5.56 Å². The van der Waals surface area contributed by atoms with Crippen LogP contribution >= 0.6 is 0 Å². The maximum atomic E-state index is 8.83. The van der Waals surface area contributed by atoms with Gasteiger partial charge in [0, 0.05) is 26.7 Å². The normalized spacial score (nSPS) is 14.9. The Balaban J connectivity index is 1.85. The van der Waals surface area contributed by atoms with Crippen molar-refractivity contribution in [1.29, 1.82) is 5.26 Å². The summed E-state index contributed by atoms with van der Waals surface area (Å²) < 4.78 is 0. The van der Waals surface area contributed by atoms with Crippen molar-refractivity contribution in [1.82, 2.24) is 10.2 Å². The van der Waals surface area contributed by atoms with Crippen LogP contribution in [0.25, 0.3) is 0 Å². The Kier molecular flexibility index (Phi) is 4.19. The van der Waals surface area contributed by atoms with E-state index in [1.54, 1.807) is 0 Å². The molecular formula is C14H18N4. The molecule has 94 valence electrons. The lowest BCUT2D eigenvalue weighted by Crippen LogP contribution is -2.42. The van der Waals surface area contributed by atoms with Gasteiger partial charge in [0.15, 0.2) is 5.96 Å². The van der Waals surface area contributed by atoms with E-state index >= 15 is 0 Å². The van der Waals surface area contributed by atoms with Crippen LogP contribution in [0.5, 0.6) is 0 Å². The number of aliphatic imine (C=N–C) groups is 1. The summed E-state index contributed by atoms with van der Waals surface area (Å²) in [7, 11) is 2.06. The third kappa shape index (κ3) is 3.24. The van der Waals surface area contributed by atoms with Crippen LogP contribution in [0.15, 0.2) is 29.3 Å². The quantitative estimate of drug-likeness (QED) is 0.871. The van der Waals surface area contributed by atoms with Crippen LogP contribution in [0.2, 0.25) is 0 Å². The molecule has 1 N–H and O–H groups in total. The number of rotatable bonds is 3. The molecule has 0 saturated heterocycles. The smallest absolute Gasteiger partial charge is 0.193 e. The summed E-state index contributed by atoms with van der Waals surface area (Å²) >= 11 is 0. The van der Waals surface area contributed by atoms with E-state index < -0.39 is 0 Å². The predicted molar refractivity (Wildman–Crippen MR) is 72.4 cm³/mol. The molecule has 1 aliphatic rings. The molecule has 4 nitrogen and oxygen atoms in total. The van der Waals surface area contributed by atoms with Crippen molar-refractivity contribution in [3.63, 3.8) is 0 Å². The van der Waals surface area contributed by atoms with Crippen molar-refractivity contribution in [2.75, 3.05) is 26.7 Å². The topological polar surface area (TPSA) is 51.4 Å². The summed E-state index contributed by atoms with van der Waals surface area (Å²) in [5, 5.41) is 12.2. The average Bonchev–Trinajstić information content (AvgIpc) is 2.41. The number of benzene rings is 1. The molecule has 1 heterocycles. The molecule has 4 heteroatoms. The van der Waals surface area contributed by atoms with Gasteiger partial charge in [-0.05, 0) is 30.5 Å². The highest BCUT2D eigenvalue weighted by molar-refractivity contribution is 5.80. The van der Waals surface area contributed by atoms with E-state index in [0.717, 1.165) is 44.0 Å². The van der Waals surface area contributed by atoms with Crippen molar-refractivity contribution in [2.45, 2.75) is 12.8 Å². The van der Waals surface area contributed by atoms with Gasteiger partial charge in [-0.15, -0.1) is 0 Å². The van der Waals surface area contributed by atoms with Crippen molar-refractivity contribution in [3.8, 4) is 6.07 Å². The fourth-order valence-electron chi connectivity index (χ4n) is 2.03. The van der Waals surface area contributed by atoms with E-state index in [0.29, 0.717) is 0 Å². The molecule has 1 aliphatic heterocycles. The molecule has 0 atom stereocenters. The maximum Gasteiger partial charge on any atom is 0.193 e. The average molecular weight is 242 g/mol. The summed E-state index contributed by atoms with van der Waals surface area (Å²) in [6, 6.07) is 9.91. The molecule has 0 radical (unpaired) electrons. The maximum absolute atomic E-state index is 8.83. The number of hydrogen-bond donors (Lipinski definition) is 1. The van der Waals surface area contributed by atoms with Gasteiger partial charge in [-0.1, -0.05) is 12.1 Å². The van der Waals surface area contributed by atoms with E-state index in [2.05, 4.69) is 34.4 Å². The van der Waals surface area contributed by atoms with Crippen LogP contribution in [0.4, 0.5) is 0 Å². The molecule has 0 saturated carbocycles. The van der Waals surface area contributed by atoms with Gasteiger partial charge in [0.1, 0.15) is 0 Å². The van der Waals surface area contributed by atoms with Crippen molar-refractivity contribution in [3.05, 3.63) is 35.4 Å². The minimum absolute atomic E-state index is 0.722. The van der Waals surface area contributed by atoms with Crippen molar-refractivity contribution in [2.24, 2.45) is 4.99 Å². The van der Waals surface area contributed by atoms with Gasteiger partial charge in [-0.25, -0.2) is 0 Å². The Bertz CT molecular complexity index is 473. The summed E-state index contributed by atoms with van der Waals surface area (Å²) in [6.07, 6.45) is 2.04.